The van der Waals surface area contributed by atoms with Crippen LogP contribution in [0.15, 0.2) is 24.3 Å². The Balaban J connectivity index is 2.01. The van der Waals surface area contributed by atoms with Gasteiger partial charge >= 0.3 is 17.8 Å². The first kappa shape index (κ1) is 18.1. The Labute approximate surface area is 144 Å². The molecule has 1 N–H and O–H groups in total. The van der Waals surface area contributed by atoms with Crippen LogP contribution in [-0.4, -0.2) is 71.5 Å². The monoisotopic (exact) mass is 346 g/mol. The number of likely N-dealkylation sites (N-methyl/N-ethyl adjacent to an activating group) is 1. The van der Waals surface area contributed by atoms with Gasteiger partial charge in [-0.2, -0.15) is 0 Å². The standard InChI is InChI=1S/C16H18N4O5/c1-4-19-14(23)15(24)20(16(19)25)9-12(21)17-11-7-5-10(6-8-11)13(22)18(2)3/h5-8H,4,9H2,1-3H3,(H,17,21). The normalized spacial score (nSPS) is 14.1. The van der Waals surface area contributed by atoms with Gasteiger partial charge in [-0.1, -0.05) is 0 Å². The van der Waals surface area contributed by atoms with Gasteiger partial charge in [-0.3, -0.25) is 24.1 Å². The summed E-state index contributed by atoms with van der Waals surface area (Å²) in [5.41, 5.74) is 0.857. The molecule has 1 heterocycles. The number of nitrogens with zero attached hydrogens (tertiary/aromatic N) is 3. The maximum Gasteiger partial charge on any atom is 0.334 e. The van der Waals surface area contributed by atoms with Crippen LogP contribution in [0.5, 0.6) is 0 Å². The number of hydrogen-bond acceptors (Lipinski definition) is 5. The number of amides is 6. The zero-order valence-electron chi connectivity index (χ0n) is 14.1. The Kier molecular flexibility index (Phi) is 5.16. The van der Waals surface area contributed by atoms with Crippen LogP contribution in [0.2, 0.25) is 0 Å². The van der Waals surface area contributed by atoms with E-state index in [0.29, 0.717) is 16.2 Å². The van der Waals surface area contributed by atoms with Gasteiger partial charge in [-0.25, -0.2) is 9.69 Å². The number of imide groups is 2. The summed E-state index contributed by atoms with van der Waals surface area (Å²) in [5.74, 6) is -2.76. The Bertz CT molecular complexity index is 741. The fourth-order valence-electron chi connectivity index (χ4n) is 2.27. The van der Waals surface area contributed by atoms with E-state index >= 15 is 0 Å². The molecule has 0 atom stereocenters. The number of nitrogens with one attached hydrogen (secondary N) is 1. The second-order valence-electron chi connectivity index (χ2n) is 5.55. The zero-order chi connectivity index (χ0) is 18.7. The molecule has 9 nitrogen and oxygen atoms in total. The maximum absolute atomic E-state index is 12.0. The molecule has 1 aliphatic heterocycles. The lowest BCUT2D eigenvalue weighted by molar-refractivity contribution is -0.143. The third kappa shape index (κ3) is 3.65. The van der Waals surface area contributed by atoms with Crippen molar-refractivity contribution in [3.05, 3.63) is 29.8 Å². The third-order valence-corrected chi connectivity index (χ3v) is 3.57. The molecule has 0 saturated carbocycles. The summed E-state index contributed by atoms with van der Waals surface area (Å²) in [4.78, 5) is 61.9. The van der Waals surface area contributed by atoms with Gasteiger partial charge in [0.2, 0.25) is 5.91 Å². The number of carbonyl (C=O) groups is 5. The predicted molar refractivity (Wildman–Crippen MR) is 87.6 cm³/mol. The number of anilines is 1. The predicted octanol–water partition coefficient (Wildman–Crippen LogP) is 0.138. The van der Waals surface area contributed by atoms with Gasteiger partial charge in [0.25, 0.3) is 5.91 Å². The van der Waals surface area contributed by atoms with Gasteiger partial charge in [0.1, 0.15) is 6.54 Å². The molecule has 0 bridgehead atoms. The topological polar surface area (TPSA) is 107 Å². The van der Waals surface area contributed by atoms with Crippen molar-refractivity contribution >= 4 is 35.3 Å². The number of urea groups is 1. The van der Waals surface area contributed by atoms with Crippen molar-refractivity contribution < 1.29 is 24.0 Å². The van der Waals surface area contributed by atoms with E-state index in [2.05, 4.69) is 5.32 Å². The fourth-order valence-corrected chi connectivity index (χ4v) is 2.27. The summed E-state index contributed by atoms with van der Waals surface area (Å²) in [6, 6.07) is 5.36. The smallest absolute Gasteiger partial charge is 0.334 e. The third-order valence-electron chi connectivity index (χ3n) is 3.57. The molecule has 2 rings (SSSR count). The summed E-state index contributed by atoms with van der Waals surface area (Å²) < 4.78 is 0. The minimum absolute atomic E-state index is 0.0584. The summed E-state index contributed by atoms with van der Waals surface area (Å²) in [5, 5.41) is 2.51. The van der Waals surface area contributed by atoms with Crippen LogP contribution in [0.1, 0.15) is 17.3 Å². The highest BCUT2D eigenvalue weighted by molar-refractivity contribution is 6.45. The SMILES string of the molecule is CCN1C(=O)C(=O)N(CC(=O)Nc2ccc(C(=O)N(C)C)cc2)C1=O. The molecule has 0 aromatic heterocycles. The van der Waals surface area contributed by atoms with Crippen molar-refractivity contribution in [3.8, 4) is 0 Å². The van der Waals surface area contributed by atoms with Crippen molar-refractivity contribution in [1.82, 2.24) is 14.7 Å². The minimum atomic E-state index is -1.02. The molecule has 0 unspecified atom stereocenters. The average Bonchev–Trinajstić information content (AvgIpc) is 2.78. The van der Waals surface area contributed by atoms with E-state index in [1.54, 1.807) is 33.2 Å². The number of rotatable bonds is 5. The number of carbonyl (C=O) groups excluding carboxylic acids is 5. The Morgan fingerprint density at radius 2 is 1.56 bits per heavy atom. The molecule has 25 heavy (non-hydrogen) atoms. The molecule has 9 heteroatoms. The van der Waals surface area contributed by atoms with Crippen molar-refractivity contribution in [2.75, 3.05) is 32.5 Å². The molecular formula is C16H18N4O5. The highest BCUT2D eigenvalue weighted by Gasteiger charge is 2.44. The van der Waals surface area contributed by atoms with E-state index in [1.807, 2.05) is 0 Å². The average molecular weight is 346 g/mol. The van der Waals surface area contributed by atoms with E-state index < -0.39 is 30.3 Å². The van der Waals surface area contributed by atoms with Gasteiger partial charge in [-0.05, 0) is 31.2 Å². The summed E-state index contributed by atoms with van der Waals surface area (Å²) in [7, 11) is 3.26. The summed E-state index contributed by atoms with van der Waals surface area (Å²) >= 11 is 0. The molecule has 1 aromatic rings. The molecule has 1 aliphatic rings. The first-order chi connectivity index (χ1) is 11.8. The lowest BCUT2D eigenvalue weighted by Gasteiger charge is -2.14. The van der Waals surface area contributed by atoms with Crippen LogP contribution in [0.25, 0.3) is 0 Å². The first-order valence-electron chi connectivity index (χ1n) is 7.55. The second-order valence-corrected chi connectivity index (χ2v) is 5.55. The van der Waals surface area contributed by atoms with Crippen LogP contribution in [-0.2, 0) is 14.4 Å². The number of hydrogen-bond donors (Lipinski definition) is 1. The summed E-state index contributed by atoms with van der Waals surface area (Å²) in [6.45, 7) is 1.06. The van der Waals surface area contributed by atoms with Crippen molar-refractivity contribution in [3.63, 3.8) is 0 Å². The molecule has 1 fully saturated rings. The van der Waals surface area contributed by atoms with Crippen molar-refractivity contribution in [1.29, 1.82) is 0 Å². The molecule has 1 saturated heterocycles. The van der Waals surface area contributed by atoms with Crippen molar-refractivity contribution in [2.45, 2.75) is 6.92 Å². The zero-order valence-corrected chi connectivity index (χ0v) is 14.1. The highest BCUT2D eigenvalue weighted by Crippen LogP contribution is 2.13. The summed E-state index contributed by atoms with van der Waals surface area (Å²) in [6.07, 6.45) is 0. The maximum atomic E-state index is 12.0. The molecule has 1 aromatic carbocycles. The van der Waals surface area contributed by atoms with E-state index in [1.165, 1.54) is 17.0 Å². The van der Waals surface area contributed by atoms with Crippen LogP contribution in [0, 0.1) is 0 Å². The van der Waals surface area contributed by atoms with Gasteiger partial charge in [0, 0.05) is 31.9 Å². The fraction of sp³-hybridized carbons (Fsp3) is 0.312. The van der Waals surface area contributed by atoms with Crippen LogP contribution in [0.3, 0.4) is 0 Å². The second kappa shape index (κ2) is 7.12. The van der Waals surface area contributed by atoms with E-state index in [9.17, 15) is 24.0 Å². The van der Waals surface area contributed by atoms with Gasteiger partial charge in [-0.15, -0.1) is 0 Å². The Morgan fingerprint density at radius 3 is 2.04 bits per heavy atom. The first-order valence-corrected chi connectivity index (χ1v) is 7.55. The highest BCUT2D eigenvalue weighted by atomic mass is 16.2. The lowest BCUT2D eigenvalue weighted by atomic mass is 10.2. The van der Waals surface area contributed by atoms with Crippen molar-refractivity contribution in [2.24, 2.45) is 0 Å². The van der Waals surface area contributed by atoms with E-state index in [-0.39, 0.29) is 12.5 Å². The molecule has 0 spiro atoms. The Hall–Kier alpha value is -3.23. The van der Waals surface area contributed by atoms with Gasteiger partial charge < -0.3 is 10.2 Å². The van der Waals surface area contributed by atoms with Crippen LogP contribution >= 0.6 is 0 Å². The largest absolute Gasteiger partial charge is 0.345 e. The molecule has 0 aliphatic carbocycles. The van der Waals surface area contributed by atoms with E-state index in [0.717, 1.165) is 4.90 Å². The van der Waals surface area contributed by atoms with Crippen LogP contribution < -0.4 is 5.32 Å². The lowest BCUT2D eigenvalue weighted by Crippen LogP contribution is -2.38. The van der Waals surface area contributed by atoms with Crippen LogP contribution in [0.4, 0.5) is 10.5 Å². The minimum Gasteiger partial charge on any atom is -0.345 e. The van der Waals surface area contributed by atoms with Gasteiger partial charge in [0.15, 0.2) is 0 Å². The number of benzene rings is 1. The Morgan fingerprint density at radius 1 is 1.00 bits per heavy atom. The molecule has 0 radical (unpaired) electrons. The molecule has 132 valence electrons. The molecule has 6 amide bonds. The molecular weight excluding hydrogens is 328 g/mol. The van der Waals surface area contributed by atoms with E-state index in [4.69, 9.17) is 0 Å². The van der Waals surface area contributed by atoms with Gasteiger partial charge in [0.05, 0.1) is 0 Å². The quantitative estimate of drug-likeness (QED) is 0.603.